The average molecular weight is 1080 g/mol. The molecule has 0 spiro atoms. The number of rotatable bonds is 62. The smallest absolute Gasteiger partial charge is 0.306 e. The van der Waals surface area contributed by atoms with Crippen molar-refractivity contribution in [1.82, 2.24) is 0 Å². The standard InChI is InChI=1S/C65H128NO8P/c1-6-8-10-12-14-16-18-20-22-24-25-26-27-28-29-30-31-32-33-34-35-36-37-38-39-40-42-43-45-47-49-51-53-55-57-64(67)71-61-63(62-73-75(69,70)72-60-59-66(3,4)5)74-65(68)58-56-54-52-50-48-46-44-41-23-21-19-17-15-13-11-9-7-2/h21,23,63H,6-20,22,24-62H2,1-5H3/b23-21-. The van der Waals surface area contributed by atoms with E-state index in [1.54, 1.807) is 0 Å². The summed E-state index contributed by atoms with van der Waals surface area (Å²) in [5, 5.41) is 0. The first-order valence-electron chi connectivity index (χ1n) is 32.9. The number of carbonyl (C=O) groups excluding carboxylic acids is 2. The second kappa shape index (κ2) is 57.4. The number of carbonyl (C=O) groups is 2. The van der Waals surface area contributed by atoms with E-state index < -0.39 is 26.5 Å². The van der Waals surface area contributed by atoms with Crippen LogP contribution in [0.5, 0.6) is 0 Å². The summed E-state index contributed by atoms with van der Waals surface area (Å²) in [6.07, 6.45) is 68.7. The Bertz CT molecular complexity index is 1270. The monoisotopic (exact) mass is 1080 g/mol. The minimum atomic E-state index is -4.63. The van der Waals surface area contributed by atoms with Gasteiger partial charge in [0.05, 0.1) is 27.7 Å². The molecule has 9 nitrogen and oxygen atoms in total. The molecule has 0 aromatic rings. The lowest BCUT2D eigenvalue weighted by atomic mass is 10.0. The number of esters is 2. The predicted molar refractivity (Wildman–Crippen MR) is 319 cm³/mol. The molecular formula is C65H128NO8P. The zero-order valence-electron chi connectivity index (χ0n) is 50.8. The molecule has 0 heterocycles. The Balaban J connectivity index is 3.92. The van der Waals surface area contributed by atoms with E-state index in [0.29, 0.717) is 17.4 Å². The quantitative estimate of drug-likeness (QED) is 0.0195. The van der Waals surface area contributed by atoms with Crippen molar-refractivity contribution in [1.29, 1.82) is 0 Å². The second-order valence-corrected chi connectivity index (χ2v) is 25.3. The molecule has 2 atom stereocenters. The van der Waals surface area contributed by atoms with Crippen molar-refractivity contribution in [3.63, 3.8) is 0 Å². The van der Waals surface area contributed by atoms with Crippen LogP contribution in [0.3, 0.4) is 0 Å². The van der Waals surface area contributed by atoms with Crippen molar-refractivity contribution in [3.05, 3.63) is 12.2 Å². The Morgan fingerprint density at radius 1 is 0.400 bits per heavy atom. The highest BCUT2D eigenvalue weighted by molar-refractivity contribution is 7.45. The Morgan fingerprint density at radius 2 is 0.680 bits per heavy atom. The maximum Gasteiger partial charge on any atom is 0.306 e. The zero-order chi connectivity index (χ0) is 54.9. The van der Waals surface area contributed by atoms with Crippen molar-refractivity contribution in [2.24, 2.45) is 0 Å². The molecular weight excluding hydrogens is 954 g/mol. The number of phosphoric acid groups is 1. The highest BCUT2D eigenvalue weighted by Gasteiger charge is 2.22. The first-order valence-corrected chi connectivity index (χ1v) is 34.4. The van der Waals surface area contributed by atoms with E-state index in [2.05, 4.69) is 26.0 Å². The van der Waals surface area contributed by atoms with E-state index >= 15 is 0 Å². The number of nitrogens with zero attached hydrogens (tertiary/aromatic N) is 1. The van der Waals surface area contributed by atoms with E-state index in [1.807, 2.05) is 21.1 Å². The van der Waals surface area contributed by atoms with Gasteiger partial charge in [0, 0.05) is 12.8 Å². The number of hydrogen-bond donors (Lipinski definition) is 0. The third-order valence-corrected chi connectivity index (χ3v) is 16.0. The number of hydrogen-bond acceptors (Lipinski definition) is 8. The molecule has 0 saturated carbocycles. The van der Waals surface area contributed by atoms with E-state index in [9.17, 15) is 19.0 Å². The molecule has 0 bridgehead atoms. The molecule has 0 radical (unpaired) electrons. The van der Waals surface area contributed by atoms with Gasteiger partial charge in [0.15, 0.2) is 6.10 Å². The van der Waals surface area contributed by atoms with E-state index in [-0.39, 0.29) is 32.0 Å². The Morgan fingerprint density at radius 3 is 0.987 bits per heavy atom. The zero-order valence-corrected chi connectivity index (χ0v) is 51.7. The van der Waals surface area contributed by atoms with Gasteiger partial charge in [-0.3, -0.25) is 14.2 Å². The molecule has 0 fully saturated rings. The second-order valence-electron chi connectivity index (χ2n) is 23.8. The number of likely N-dealkylation sites (N-methyl/N-ethyl adjacent to an activating group) is 1. The molecule has 0 aromatic carbocycles. The highest BCUT2D eigenvalue weighted by Crippen LogP contribution is 2.38. The molecule has 0 saturated heterocycles. The van der Waals surface area contributed by atoms with Gasteiger partial charge in [0.2, 0.25) is 0 Å². The molecule has 10 heteroatoms. The molecule has 0 aliphatic carbocycles. The van der Waals surface area contributed by atoms with Crippen molar-refractivity contribution < 1.29 is 42.1 Å². The Labute approximate surface area is 466 Å². The van der Waals surface area contributed by atoms with Crippen LogP contribution in [-0.4, -0.2) is 70.0 Å². The lowest BCUT2D eigenvalue weighted by Gasteiger charge is -2.28. The molecule has 0 N–H and O–H groups in total. The van der Waals surface area contributed by atoms with Crippen LogP contribution < -0.4 is 4.89 Å². The maximum atomic E-state index is 12.8. The topological polar surface area (TPSA) is 111 Å². The number of quaternary nitrogens is 1. The van der Waals surface area contributed by atoms with Crippen LogP contribution >= 0.6 is 7.82 Å². The molecule has 0 aromatic heterocycles. The summed E-state index contributed by atoms with van der Waals surface area (Å²) < 4.78 is 34.2. The molecule has 0 aliphatic heterocycles. The van der Waals surface area contributed by atoms with Crippen LogP contribution in [0.15, 0.2) is 12.2 Å². The summed E-state index contributed by atoms with van der Waals surface area (Å²) in [5.41, 5.74) is 0. The minimum Gasteiger partial charge on any atom is -0.756 e. The molecule has 0 aliphatic rings. The van der Waals surface area contributed by atoms with Crippen LogP contribution in [-0.2, 0) is 32.7 Å². The predicted octanol–water partition coefficient (Wildman–Crippen LogP) is 20.1. The molecule has 0 amide bonds. The van der Waals surface area contributed by atoms with Gasteiger partial charge in [-0.25, -0.2) is 0 Å². The summed E-state index contributed by atoms with van der Waals surface area (Å²) in [4.78, 5) is 37.9. The fourth-order valence-corrected chi connectivity index (χ4v) is 10.7. The molecule has 2 unspecified atom stereocenters. The SMILES string of the molecule is CCCCCCCC/C=C\CCCCCCCCCC(=O)OC(COC(=O)CCCCCCCCCCCCCCCCCCCCCCCCCCCCCCCCCCCC)COP(=O)([O-])OCC[N+](C)(C)C. The molecule has 75 heavy (non-hydrogen) atoms. The lowest BCUT2D eigenvalue weighted by molar-refractivity contribution is -0.870. The molecule has 446 valence electrons. The van der Waals surface area contributed by atoms with E-state index in [4.69, 9.17) is 18.5 Å². The van der Waals surface area contributed by atoms with Crippen LogP contribution in [0.1, 0.15) is 341 Å². The number of phosphoric ester groups is 1. The average Bonchev–Trinajstić information content (AvgIpc) is 3.37. The van der Waals surface area contributed by atoms with Gasteiger partial charge in [0.25, 0.3) is 7.82 Å². The summed E-state index contributed by atoms with van der Waals surface area (Å²) in [5.74, 6) is -0.818. The van der Waals surface area contributed by atoms with Crippen molar-refractivity contribution in [2.45, 2.75) is 347 Å². The summed E-state index contributed by atoms with van der Waals surface area (Å²) in [7, 11) is 1.18. The van der Waals surface area contributed by atoms with Gasteiger partial charge in [0.1, 0.15) is 19.8 Å². The van der Waals surface area contributed by atoms with Crippen LogP contribution in [0, 0.1) is 0 Å². The van der Waals surface area contributed by atoms with Gasteiger partial charge >= 0.3 is 11.9 Å². The fourth-order valence-electron chi connectivity index (χ4n) is 9.95. The Hall–Kier alpha value is -1.25. The van der Waals surface area contributed by atoms with Crippen molar-refractivity contribution in [3.8, 4) is 0 Å². The van der Waals surface area contributed by atoms with Crippen molar-refractivity contribution >= 4 is 19.8 Å². The summed E-state index contributed by atoms with van der Waals surface area (Å²) in [6.45, 7) is 4.29. The third kappa shape index (κ3) is 61.8. The lowest BCUT2D eigenvalue weighted by Crippen LogP contribution is -2.37. The highest BCUT2D eigenvalue weighted by atomic mass is 31.2. The fraction of sp³-hybridized carbons (Fsp3) is 0.938. The van der Waals surface area contributed by atoms with Gasteiger partial charge in [-0.15, -0.1) is 0 Å². The summed E-state index contributed by atoms with van der Waals surface area (Å²) in [6, 6.07) is 0. The van der Waals surface area contributed by atoms with Gasteiger partial charge in [-0.1, -0.05) is 302 Å². The van der Waals surface area contributed by atoms with Gasteiger partial charge in [-0.05, 0) is 38.5 Å². The van der Waals surface area contributed by atoms with E-state index in [0.717, 1.165) is 44.9 Å². The number of allylic oxidation sites excluding steroid dienone is 2. The first kappa shape index (κ1) is 73.8. The summed E-state index contributed by atoms with van der Waals surface area (Å²) >= 11 is 0. The number of ether oxygens (including phenoxy) is 2. The molecule has 0 rings (SSSR count). The van der Waals surface area contributed by atoms with E-state index in [1.165, 1.54) is 263 Å². The maximum absolute atomic E-state index is 12.8. The Kier molecular flexibility index (Phi) is 56.5. The van der Waals surface area contributed by atoms with Crippen LogP contribution in [0.4, 0.5) is 0 Å². The van der Waals surface area contributed by atoms with Crippen LogP contribution in [0.25, 0.3) is 0 Å². The largest absolute Gasteiger partial charge is 0.756 e. The van der Waals surface area contributed by atoms with Gasteiger partial charge < -0.3 is 27.9 Å². The third-order valence-electron chi connectivity index (χ3n) is 15.0. The normalized spacial score (nSPS) is 13.2. The van der Waals surface area contributed by atoms with Gasteiger partial charge in [-0.2, -0.15) is 0 Å². The minimum absolute atomic E-state index is 0.0280. The first-order chi connectivity index (χ1) is 36.5. The van der Waals surface area contributed by atoms with Crippen LogP contribution in [0.2, 0.25) is 0 Å². The van der Waals surface area contributed by atoms with Crippen molar-refractivity contribution in [2.75, 3.05) is 47.5 Å². The number of unbranched alkanes of at least 4 members (excludes halogenated alkanes) is 46.